The highest BCUT2D eigenvalue weighted by molar-refractivity contribution is 5.74. The molecule has 6 heteroatoms. The Labute approximate surface area is 128 Å². The maximum Gasteiger partial charge on any atom is 0.418 e. The number of amides is 1. The predicted molar refractivity (Wildman–Crippen MR) is 79.7 cm³/mol. The number of hydrogen-bond donors (Lipinski definition) is 1. The van der Waals surface area contributed by atoms with Gasteiger partial charge in [-0.3, -0.25) is 4.79 Å². The fourth-order valence-electron chi connectivity index (χ4n) is 2.92. The molecular formula is C16H21F3N2O. The first-order chi connectivity index (χ1) is 10.3. The van der Waals surface area contributed by atoms with Crippen LogP contribution in [0.5, 0.6) is 0 Å². The van der Waals surface area contributed by atoms with Crippen LogP contribution < -0.4 is 10.6 Å². The summed E-state index contributed by atoms with van der Waals surface area (Å²) in [6.07, 6.45) is -1.48. The minimum Gasteiger partial charge on any atom is -0.371 e. The zero-order valence-corrected chi connectivity index (χ0v) is 12.6. The Hall–Kier alpha value is -1.72. The molecule has 122 valence electrons. The molecule has 1 aliphatic rings. The number of carbonyl (C=O) groups excluding carboxylic acids is 1. The lowest BCUT2D eigenvalue weighted by Crippen LogP contribution is -2.31. The molecule has 0 saturated carbocycles. The van der Waals surface area contributed by atoms with Crippen molar-refractivity contribution >= 4 is 11.6 Å². The number of primary amides is 1. The zero-order valence-electron chi connectivity index (χ0n) is 12.6. The fourth-order valence-corrected chi connectivity index (χ4v) is 2.92. The third kappa shape index (κ3) is 3.93. The van der Waals surface area contributed by atoms with Gasteiger partial charge in [-0.25, -0.2) is 0 Å². The number of rotatable bonds is 4. The largest absolute Gasteiger partial charge is 0.418 e. The maximum absolute atomic E-state index is 13.4. The van der Waals surface area contributed by atoms with Gasteiger partial charge in [-0.05, 0) is 42.9 Å². The van der Waals surface area contributed by atoms with Crippen molar-refractivity contribution in [3.63, 3.8) is 0 Å². The fraction of sp³-hybridized carbons (Fsp3) is 0.562. The Morgan fingerprint density at radius 1 is 1.27 bits per heavy atom. The summed E-state index contributed by atoms with van der Waals surface area (Å²) < 4.78 is 40.2. The monoisotopic (exact) mass is 314 g/mol. The van der Waals surface area contributed by atoms with E-state index in [1.54, 1.807) is 17.9 Å². The summed E-state index contributed by atoms with van der Waals surface area (Å²) in [6, 6.07) is 4.37. The molecule has 0 radical (unpaired) electrons. The predicted octanol–water partition coefficient (Wildman–Crippen LogP) is 3.67. The van der Waals surface area contributed by atoms with Crippen LogP contribution >= 0.6 is 0 Å². The Balaban J connectivity index is 2.36. The topological polar surface area (TPSA) is 46.3 Å². The first-order valence-electron chi connectivity index (χ1n) is 7.53. The summed E-state index contributed by atoms with van der Waals surface area (Å²) in [5.74, 6) is -0.838. The highest BCUT2D eigenvalue weighted by Crippen LogP contribution is 2.39. The van der Waals surface area contributed by atoms with Gasteiger partial charge in [-0.15, -0.1) is 0 Å². The SMILES string of the molecule is CC(CC(N)=O)c1ccc(N2CCCCC2)c(C(F)(F)F)c1. The summed E-state index contributed by atoms with van der Waals surface area (Å²) >= 11 is 0. The van der Waals surface area contributed by atoms with E-state index in [1.807, 2.05) is 0 Å². The molecule has 1 saturated heterocycles. The molecule has 0 aliphatic carbocycles. The van der Waals surface area contributed by atoms with E-state index in [4.69, 9.17) is 5.73 Å². The van der Waals surface area contributed by atoms with Crippen LogP contribution in [-0.4, -0.2) is 19.0 Å². The van der Waals surface area contributed by atoms with Gasteiger partial charge in [0.25, 0.3) is 0 Å². The first-order valence-corrected chi connectivity index (χ1v) is 7.53. The van der Waals surface area contributed by atoms with Crippen LogP contribution in [0.25, 0.3) is 0 Å². The van der Waals surface area contributed by atoms with Crippen LogP contribution in [-0.2, 0) is 11.0 Å². The Kier molecular flexibility index (Phi) is 4.98. The van der Waals surface area contributed by atoms with E-state index in [0.29, 0.717) is 18.7 Å². The van der Waals surface area contributed by atoms with Gasteiger partial charge >= 0.3 is 6.18 Å². The standard InChI is InChI=1S/C16H21F3N2O/c1-11(9-15(20)22)12-5-6-14(13(10-12)16(17,18)19)21-7-3-2-4-8-21/h5-6,10-11H,2-4,7-9H2,1H3,(H2,20,22). The molecule has 1 aromatic rings. The molecule has 22 heavy (non-hydrogen) atoms. The quantitative estimate of drug-likeness (QED) is 0.921. The van der Waals surface area contributed by atoms with E-state index >= 15 is 0 Å². The lowest BCUT2D eigenvalue weighted by molar-refractivity contribution is -0.137. The zero-order chi connectivity index (χ0) is 16.3. The Bertz CT molecular complexity index is 537. The molecule has 1 fully saturated rings. The number of benzene rings is 1. The molecule has 1 aliphatic heterocycles. The Morgan fingerprint density at radius 2 is 1.91 bits per heavy atom. The summed E-state index contributed by atoms with van der Waals surface area (Å²) in [7, 11) is 0. The average molecular weight is 314 g/mol. The van der Waals surface area contributed by atoms with Crippen molar-refractivity contribution in [1.29, 1.82) is 0 Å². The minimum atomic E-state index is -4.41. The molecular weight excluding hydrogens is 293 g/mol. The molecule has 0 aromatic heterocycles. The van der Waals surface area contributed by atoms with Gasteiger partial charge < -0.3 is 10.6 Å². The molecule has 1 amide bonds. The van der Waals surface area contributed by atoms with Crippen LogP contribution in [0.2, 0.25) is 0 Å². The number of anilines is 1. The van der Waals surface area contributed by atoms with Gasteiger partial charge in [-0.1, -0.05) is 13.0 Å². The average Bonchev–Trinajstić information content (AvgIpc) is 2.46. The van der Waals surface area contributed by atoms with E-state index < -0.39 is 17.6 Å². The second kappa shape index (κ2) is 6.58. The van der Waals surface area contributed by atoms with Gasteiger partial charge in [0.15, 0.2) is 0 Å². The molecule has 3 nitrogen and oxygen atoms in total. The molecule has 1 unspecified atom stereocenters. The number of nitrogens with two attached hydrogens (primary N) is 1. The number of nitrogens with zero attached hydrogens (tertiary/aromatic N) is 1. The van der Waals surface area contributed by atoms with Crippen molar-refractivity contribution in [1.82, 2.24) is 0 Å². The van der Waals surface area contributed by atoms with E-state index in [9.17, 15) is 18.0 Å². The molecule has 0 bridgehead atoms. The van der Waals surface area contributed by atoms with Crippen LogP contribution in [0, 0.1) is 0 Å². The third-order valence-corrected chi connectivity index (χ3v) is 4.10. The summed E-state index contributed by atoms with van der Waals surface area (Å²) in [6.45, 7) is 3.01. The summed E-state index contributed by atoms with van der Waals surface area (Å²) in [4.78, 5) is 12.8. The van der Waals surface area contributed by atoms with E-state index in [1.165, 1.54) is 6.07 Å². The maximum atomic E-state index is 13.4. The van der Waals surface area contributed by atoms with Crippen molar-refractivity contribution in [2.24, 2.45) is 5.73 Å². The highest BCUT2D eigenvalue weighted by atomic mass is 19.4. The van der Waals surface area contributed by atoms with Crippen LogP contribution in [0.15, 0.2) is 18.2 Å². The van der Waals surface area contributed by atoms with E-state index in [-0.39, 0.29) is 18.0 Å². The van der Waals surface area contributed by atoms with Crippen molar-refractivity contribution < 1.29 is 18.0 Å². The van der Waals surface area contributed by atoms with Crippen LogP contribution in [0.1, 0.15) is 49.7 Å². The Morgan fingerprint density at radius 3 is 2.45 bits per heavy atom. The van der Waals surface area contributed by atoms with Gasteiger partial charge in [0, 0.05) is 25.2 Å². The molecule has 0 spiro atoms. The normalized spacial score (nSPS) is 17.4. The number of carbonyl (C=O) groups is 1. The summed E-state index contributed by atoms with van der Waals surface area (Å²) in [5, 5.41) is 0. The van der Waals surface area contributed by atoms with Crippen molar-refractivity contribution in [2.75, 3.05) is 18.0 Å². The number of alkyl halides is 3. The molecule has 2 rings (SSSR count). The van der Waals surface area contributed by atoms with Crippen molar-refractivity contribution in [3.8, 4) is 0 Å². The number of piperidine rings is 1. The second-order valence-corrected chi connectivity index (χ2v) is 5.89. The lowest BCUT2D eigenvalue weighted by Gasteiger charge is -2.31. The molecule has 2 N–H and O–H groups in total. The van der Waals surface area contributed by atoms with Crippen LogP contribution in [0.3, 0.4) is 0 Å². The van der Waals surface area contributed by atoms with Crippen molar-refractivity contribution in [2.45, 2.75) is 44.7 Å². The van der Waals surface area contributed by atoms with Gasteiger partial charge in [0.2, 0.25) is 5.91 Å². The van der Waals surface area contributed by atoms with Crippen LogP contribution in [0.4, 0.5) is 18.9 Å². The first kappa shape index (κ1) is 16.6. The van der Waals surface area contributed by atoms with Gasteiger partial charge in [0.1, 0.15) is 0 Å². The van der Waals surface area contributed by atoms with E-state index in [0.717, 1.165) is 25.3 Å². The highest BCUT2D eigenvalue weighted by Gasteiger charge is 2.35. The smallest absolute Gasteiger partial charge is 0.371 e. The van der Waals surface area contributed by atoms with Gasteiger partial charge in [0.05, 0.1) is 5.56 Å². The van der Waals surface area contributed by atoms with Crippen molar-refractivity contribution in [3.05, 3.63) is 29.3 Å². The number of halogens is 3. The van der Waals surface area contributed by atoms with E-state index in [2.05, 4.69) is 0 Å². The lowest BCUT2D eigenvalue weighted by atomic mass is 9.94. The molecule has 1 heterocycles. The molecule has 1 aromatic carbocycles. The summed E-state index contributed by atoms with van der Waals surface area (Å²) in [5.41, 5.74) is 5.24. The van der Waals surface area contributed by atoms with Gasteiger partial charge in [-0.2, -0.15) is 13.2 Å². The minimum absolute atomic E-state index is 0.0420. The third-order valence-electron chi connectivity index (χ3n) is 4.10. The molecule has 1 atom stereocenters. The second-order valence-electron chi connectivity index (χ2n) is 5.89. The number of hydrogen-bond acceptors (Lipinski definition) is 2.